The number of halogens is 1. The molecule has 0 radical (unpaired) electrons. The van der Waals surface area contributed by atoms with Gasteiger partial charge < -0.3 is 19.3 Å². The maximum absolute atomic E-state index is 10.0. The first-order valence-electron chi connectivity index (χ1n) is 8.25. The predicted octanol–water partition coefficient (Wildman–Crippen LogP) is 2.90. The summed E-state index contributed by atoms with van der Waals surface area (Å²) in [6, 6.07) is 5.69. The van der Waals surface area contributed by atoms with E-state index in [0.29, 0.717) is 12.1 Å². The molecule has 2 aromatic rings. The fourth-order valence-corrected chi connectivity index (χ4v) is 2.97. The Morgan fingerprint density at radius 1 is 1.42 bits per heavy atom. The normalized spacial score (nSPS) is 18.0. The summed E-state index contributed by atoms with van der Waals surface area (Å²) in [7, 11) is 0. The zero-order chi connectivity index (χ0) is 16.9. The minimum atomic E-state index is -0.595. The molecule has 1 atom stereocenters. The van der Waals surface area contributed by atoms with Gasteiger partial charge in [-0.2, -0.15) is 0 Å². The Hall–Kier alpha value is -1.63. The van der Waals surface area contributed by atoms with E-state index in [1.807, 2.05) is 25.1 Å². The molecule has 0 bridgehead atoms. The first-order valence-corrected chi connectivity index (χ1v) is 8.63. The van der Waals surface area contributed by atoms with Crippen molar-refractivity contribution in [2.24, 2.45) is 5.16 Å². The number of aliphatic hydroxyl groups is 1. The third-order valence-electron chi connectivity index (χ3n) is 4.05. The second kappa shape index (κ2) is 7.96. The van der Waals surface area contributed by atoms with E-state index in [9.17, 15) is 5.11 Å². The summed E-state index contributed by atoms with van der Waals surface area (Å²) in [5.41, 5.74) is 2.46. The van der Waals surface area contributed by atoms with Crippen LogP contribution in [0.1, 0.15) is 30.7 Å². The number of hydrogen-bond donors (Lipinski definition) is 1. The number of fused-ring (bicyclic) bond motifs is 1. The van der Waals surface area contributed by atoms with Crippen LogP contribution in [0.5, 0.6) is 0 Å². The Morgan fingerprint density at radius 3 is 3.00 bits per heavy atom. The third-order valence-corrected chi connectivity index (χ3v) is 4.28. The maximum atomic E-state index is 10.0. The molecule has 0 spiro atoms. The smallest absolute Gasteiger partial charge is 0.261 e. The molecule has 6 nitrogen and oxygen atoms in total. The minimum absolute atomic E-state index is 0.0361. The Kier molecular flexibility index (Phi) is 5.71. The van der Waals surface area contributed by atoms with E-state index in [1.165, 1.54) is 19.3 Å². The van der Waals surface area contributed by atoms with Gasteiger partial charge in [-0.1, -0.05) is 29.2 Å². The van der Waals surface area contributed by atoms with E-state index in [2.05, 4.69) is 15.0 Å². The Labute approximate surface area is 146 Å². The molecule has 130 valence electrons. The number of piperidine rings is 1. The van der Waals surface area contributed by atoms with Gasteiger partial charge in [0, 0.05) is 6.54 Å². The fraction of sp³-hybridized carbons (Fsp3) is 0.529. The summed E-state index contributed by atoms with van der Waals surface area (Å²) in [6.07, 6.45) is 3.05. The van der Waals surface area contributed by atoms with E-state index < -0.39 is 6.10 Å². The summed E-state index contributed by atoms with van der Waals surface area (Å²) >= 11 is 6.07. The summed E-state index contributed by atoms with van der Waals surface area (Å²) < 4.78 is 5.54. The van der Waals surface area contributed by atoms with Gasteiger partial charge >= 0.3 is 0 Å². The van der Waals surface area contributed by atoms with Gasteiger partial charge in [0.1, 0.15) is 18.2 Å². The van der Waals surface area contributed by atoms with Crippen LogP contribution in [0, 0.1) is 6.92 Å². The molecule has 7 heteroatoms. The van der Waals surface area contributed by atoms with Crippen LogP contribution in [0.3, 0.4) is 0 Å². The van der Waals surface area contributed by atoms with Crippen LogP contribution in [0.2, 0.25) is 0 Å². The van der Waals surface area contributed by atoms with Crippen LogP contribution >= 0.6 is 11.6 Å². The van der Waals surface area contributed by atoms with E-state index in [0.717, 1.165) is 24.2 Å². The molecule has 0 aliphatic carbocycles. The lowest BCUT2D eigenvalue weighted by atomic mass is 10.1. The molecule has 2 heterocycles. The molecule has 0 amide bonds. The van der Waals surface area contributed by atoms with Gasteiger partial charge in [-0.3, -0.25) is 0 Å². The second-order valence-corrected chi connectivity index (χ2v) is 6.54. The number of aliphatic hydroxyl groups excluding tert-OH is 1. The molecule has 24 heavy (non-hydrogen) atoms. The standard InChI is InChI=1S/C17H22ClN3O3/c1-12-5-6-15-14(9-12)19-17(24-15)16(18)20-23-11-13(22)10-21-7-3-2-4-8-21/h5-6,9,13,22H,2-4,7-8,10-11H2,1H3/b20-16-. The zero-order valence-corrected chi connectivity index (χ0v) is 14.5. The van der Waals surface area contributed by atoms with Crippen molar-refractivity contribution in [3.05, 3.63) is 29.7 Å². The van der Waals surface area contributed by atoms with Crippen LogP contribution < -0.4 is 0 Å². The maximum Gasteiger partial charge on any atom is 0.261 e. The molecule has 1 aromatic heterocycles. The molecule has 3 rings (SSSR count). The number of oxime groups is 1. The van der Waals surface area contributed by atoms with Gasteiger partial charge in [-0.05, 0) is 50.6 Å². The summed E-state index contributed by atoms with van der Waals surface area (Å²) in [5.74, 6) is 0.211. The van der Waals surface area contributed by atoms with Gasteiger partial charge in [-0.25, -0.2) is 4.98 Å². The number of aryl methyl sites for hydroxylation is 1. The third kappa shape index (κ3) is 4.47. The number of rotatable bonds is 6. The molecular formula is C17H22ClN3O3. The first-order chi connectivity index (χ1) is 11.6. The highest BCUT2D eigenvalue weighted by Gasteiger charge is 2.16. The second-order valence-electron chi connectivity index (χ2n) is 6.18. The number of β-amino-alcohol motifs (C(OH)–C–C–N with tert-alkyl or cyclic N) is 1. The van der Waals surface area contributed by atoms with Crippen molar-refractivity contribution in [3.8, 4) is 0 Å². The van der Waals surface area contributed by atoms with Crippen molar-refractivity contribution in [2.75, 3.05) is 26.2 Å². The van der Waals surface area contributed by atoms with Crippen molar-refractivity contribution < 1.29 is 14.4 Å². The van der Waals surface area contributed by atoms with Crippen molar-refractivity contribution in [3.63, 3.8) is 0 Å². The molecule has 1 unspecified atom stereocenters. The van der Waals surface area contributed by atoms with Crippen molar-refractivity contribution in [1.29, 1.82) is 0 Å². The number of benzene rings is 1. The highest BCUT2D eigenvalue weighted by Crippen LogP contribution is 2.18. The van der Waals surface area contributed by atoms with Gasteiger partial charge in [0.25, 0.3) is 5.89 Å². The van der Waals surface area contributed by atoms with Crippen molar-refractivity contribution in [2.45, 2.75) is 32.3 Å². The van der Waals surface area contributed by atoms with Crippen molar-refractivity contribution >= 4 is 27.9 Å². The lowest BCUT2D eigenvalue weighted by molar-refractivity contribution is 0.0160. The van der Waals surface area contributed by atoms with E-state index >= 15 is 0 Å². The summed E-state index contributed by atoms with van der Waals surface area (Å²) in [6.45, 7) is 4.73. The molecule has 1 saturated heterocycles. The number of oxazole rings is 1. The van der Waals surface area contributed by atoms with Gasteiger partial charge in [0.2, 0.25) is 5.17 Å². The topological polar surface area (TPSA) is 71.1 Å². The lowest BCUT2D eigenvalue weighted by Gasteiger charge is -2.27. The average Bonchev–Trinajstić information content (AvgIpc) is 2.99. The van der Waals surface area contributed by atoms with Gasteiger partial charge in [-0.15, -0.1) is 0 Å². The van der Waals surface area contributed by atoms with Crippen LogP contribution in [-0.2, 0) is 4.84 Å². The van der Waals surface area contributed by atoms with Gasteiger partial charge in [0.05, 0.1) is 0 Å². The fourth-order valence-electron chi connectivity index (χ4n) is 2.84. The highest BCUT2D eigenvalue weighted by atomic mass is 35.5. The van der Waals surface area contributed by atoms with Crippen LogP contribution in [0.4, 0.5) is 0 Å². The molecular weight excluding hydrogens is 330 g/mol. The molecule has 1 aromatic carbocycles. The number of aromatic nitrogens is 1. The number of likely N-dealkylation sites (tertiary alicyclic amines) is 1. The molecule has 1 N–H and O–H groups in total. The Bertz CT molecular complexity index is 710. The van der Waals surface area contributed by atoms with E-state index in [-0.39, 0.29) is 17.7 Å². The number of hydrogen-bond acceptors (Lipinski definition) is 6. The van der Waals surface area contributed by atoms with Crippen LogP contribution in [-0.4, -0.2) is 52.5 Å². The van der Waals surface area contributed by atoms with Crippen LogP contribution in [0.25, 0.3) is 11.1 Å². The lowest BCUT2D eigenvalue weighted by Crippen LogP contribution is -2.38. The zero-order valence-electron chi connectivity index (χ0n) is 13.7. The van der Waals surface area contributed by atoms with Gasteiger partial charge in [0.15, 0.2) is 5.58 Å². The Balaban J connectivity index is 1.53. The number of nitrogens with zero attached hydrogens (tertiary/aromatic N) is 3. The summed E-state index contributed by atoms with van der Waals surface area (Å²) in [5, 5.41) is 13.8. The molecule has 1 fully saturated rings. The van der Waals surface area contributed by atoms with E-state index in [4.69, 9.17) is 20.9 Å². The first kappa shape index (κ1) is 17.2. The molecule has 0 saturated carbocycles. The highest BCUT2D eigenvalue weighted by molar-refractivity contribution is 6.68. The summed E-state index contributed by atoms with van der Waals surface area (Å²) in [4.78, 5) is 11.7. The Morgan fingerprint density at radius 2 is 2.21 bits per heavy atom. The quantitative estimate of drug-likeness (QED) is 0.640. The van der Waals surface area contributed by atoms with E-state index in [1.54, 1.807) is 0 Å². The average molecular weight is 352 g/mol. The molecule has 1 aliphatic rings. The SMILES string of the molecule is Cc1ccc2oc(/C(Cl)=N/OCC(O)CN3CCCCC3)nc2c1. The monoisotopic (exact) mass is 351 g/mol. The predicted molar refractivity (Wildman–Crippen MR) is 93.4 cm³/mol. The van der Waals surface area contributed by atoms with Crippen LogP contribution in [0.15, 0.2) is 27.8 Å². The minimum Gasteiger partial charge on any atom is -0.434 e. The largest absolute Gasteiger partial charge is 0.434 e. The van der Waals surface area contributed by atoms with Crippen molar-refractivity contribution in [1.82, 2.24) is 9.88 Å². The molecule has 1 aliphatic heterocycles.